The first-order valence-electron chi connectivity index (χ1n) is 7.19. The molecule has 0 atom stereocenters. The Balaban J connectivity index is 2.07. The molecule has 2 aromatic carbocycles. The number of hydrogen-bond donors (Lipinski definition) is 0. The molecule has 0 N–H and O–H groups in total. The van der Waals surface area contributed by atoms with E-state index in [1.165, 1.54) is 15.2 Å². The van der Waals surface area contributed by atoms with Crippen LogP contribution in [-0.4, -0.2) is 14.8 Å². The Kier molecular flexibility index (Phi) is 3.12. The standard InChI is InChI=1S/C18H15N3S/c1-12-16-17(22-13-8-4-3-5-9-13)14-10-6-7-11-15(14)19-18(16)21(2)20-12/h3-11H,1-2H3. The highest BCUT2D eigenvalue weighted by molar-refractivity contribution is 7.99. The third-order valence-corrected chi connectivity index (χ3v) is 4.89. The lowest BCUT2D eigenvalue weighted by Gasteiger charge is -2.08. The van der Waals surface area contributed by atoms with E-state index >= 15 is 0 Å². The van der Waals surface area contributed by atoms with E-state index in [2.05, 4.69) is 47.6 Å². The number of aromatic nitrogens is 3. The van der Waals surface area contributed by atoms with Gasteiger partial charge in [0, 0.05) is 22.2 Å². The van der Waals surface area contributed by atoms with Gasteiger partial charge in [-0.05, 0) is 25.1 Å². The van der Waals surface area contributed by atoms with Gasteiger partial charge in [-0.2, -0.15) is 5.10 Å². The monoisotopic (exact) mass is 305 g/mol. The van der Waals surface area contributed by atoms with Crippen LogP contribution in [0.2, 0.25) is 0 Å². The number of aryl methyl sites for hydroxylation is 2. The fourth-order valence-corrected chi connectivity index (χ4v) is 3.92. The third kappa shape index (κ3) is 2.07. The zero-order chi connectivity index (χ0) is 15.1. The van der Waals surface area contributed by atoms with Crippen LogP contribution in [0.3, 0.4) is 0 Å². The van der Waals surface area contributed by atoms with Gasteiger partial charge in [0.2, 0.25) is 0 Å². The lowest BCUT2D eigenvalue weighted by Crippen LogP contribution is -1.93. The molecule has 0 saturated carbocycles. The van der Waals surface area contributed by atoms with Gasteiger partial charge in [-0.15, -0.1) is 0 Å². The van der Waals surface area contributed by atoms with Crippen molar-refractivity contribution in [1.82, 2.24) is 14.8 Å². The highest BCUT2D eigenvalue weighted by atomic mass is 32.2. The van der Waals surface area contributed by atoms with Crippen molar-refractivity contribution in [1.29, 1.82) is 0 Å². The van der Waals surface area contributed by atoms with Gasteiger partial charge in [0.15, 0.2) is 5.65 Å². The zero-order valence-electron chi connectivity index (χ0n) is 12.4. The predicted molar refractivity (Wildman–Crippen MR) is 91.3 cm³/mol. The summed E-state index contributed by atoms with van der Waals surface area (Å²) in [5.41, 5.74) is 2.97. The maximum absolute atomic E-state index is 4.79. The van der Waals surface area contributed by atoms with E-state index < -0.39 is 0 Å². The second kappa shape index (κ2) is 5.14. The van der Waals surface area contributed by atoms with Gasteiger partial charge in [-0.1, -0.05) is 48.2 Å². The molecule has 2 heterocycles. The average Bonchev–Trinajstić information content (AvgIpc) is 2.82. The largest absolute Gasteiger partial charge is 0.250 e. The van der Waals surface area contributed by atoms with E-state index in [-0.39, 0.29) is 0 Å². The number of hydrogen-bond acceptors (Lipinski definition) is 3. The number of rotatable bonds is 2. The fourth-order valence-electron chi connectivity index (χ4n) is 2.76. The average molecular weight is 305 g/mol. The molecule has 4 rings (SSSR count). The molecule has 0 aliphatic heterocycles. The topological polar surface area (TPSA) is 30.7 Å². The van der Waals surface area contributed by atoms with Crippen LogP contribution in [0.1, 0.15) is 5.69 Å². The Labute approximate surface area is 133 Å². The smallest absolute Gasteiger partial charge is 0.159 e. The molecule has 108 valence electrons. The van der Waals surface area contributed by atoms with Crippen molar-refractivity contribution in [2.24, 2.45) is 7.05 Å². The minimum absolute atomic E-state index is 0.939. The van der Waals surface area contributed by atoms with Crippen molar-refractivity contribution in [2.75, 3.05) is 0 Å². The minimum atomic E-state index is 0.939. The molecule has 22 heavy (non-hydrogen) atoms. The molecule has 4 heteroatoms. The van der Waals surface area contributed by atoms with E-state index in [0.29, 0.717) is 0 Å². The van der Waals surface area contributed by atoms with E-state index in [1.54, 1.807) is 11.8 Å². The van der Waals surface area contributed by atoms with Crippen LogP contribution in [0.25, 0.3) is 21.9 Å². The van der Waals surface area contributed by atoms with E-state index in [4.69, 9.17) is 4.98 Å². The lowest BCUT2D eigenvalue weighted by atomic mass is 10.1. The third-order valence-electron chi connectivity index (χ3n) is 3.76. The van der Waals surface area contributed by atoms with Crippen LogP contribution in [0.4, 0.5) is 0 Å². The summed E-state index contributed by atoms with van der Waals surface area (Å²) in [6.07, 6.45) is 0. The maximum atomic E-state index is 4.79. The molecule has 0 saturated heterocycles. The summed E-state index contributed by atoms with van der Waals surface area (Å²) in [5, 5.41) is 6.89. The van der Waals surface area contributed by atoms with Crippen LogP contribution < -0.4 is 0 Å². The van der Waals surface area contributed by atoms with Crippen LogP contribution in [0, 0.1) is 6.92 Å². The number of benzene rings is 2. The molecule has 0 amide bonds. The summed E-state index contributed by atoms with van der Waals surface area (Å²) in [7, 11) is 1.95. The van der Waals surface area contributed by atoms with Gasteiger partial charge >= 0.3 is 0 Å². The molecule has 4 aromatic rings. The predicted octanol–water partition coefficient (Wildman–Crippen LogP) is 4.58. The van der Waals surface area contributed by atoms with Gasteiger partial charge in [0.05, 0.1) is 16.6 Å². The molecule has 0 bridgehead atoms. The maximum Gasteiger partial charge on any atom is 0.159 e. The Morgan fingerprint density at radius 3 is 2.50 bits per heavy atom. The molecule has 0 fully saturated rings. The summed E-state index contributed by atoms with van der Waals surface area (Å²) >= 11 is 1.78. The first-order chi connectivity index (χ1) is 10.7. The second-order valence-corrected chi connectivity index (χ2v) is 6.36. The van der Waals surface area contributed by atoms with Crippen molar-refractivity contribution in [3.8, 4) is 0 Å². The number of pyridine rings is 1. The van der Waals surface area contributed by atoms with Gasteiger partial charge in [0.1, 0.15) is 0 Å². The van der Waals surface area contributed by atoms with Crippen LogP contribution in [0.5, 0.6) is 0 Å². The van der Waals surface area contributed by atoms with Gasteiger partial charge in [-0.3, -0.25) is 4.68 Å². The number of para-hydroxylation sites is 1. The van der Waals surface area contributed by atoms with E-state index in [9.17, 15) is 0 Å². The SMILES string of the molecule is Cc1nn(C)c2nc3ccccc3c(Sc3ccccc3)c12. The number of fused-ring (bicyclic) bond motifs is 2. The summed E-state index contributed by atoms with van der Waals surface area (Å²) in [6, 6.07) is 18.7. The molecule has 2 aromatic heterocycles. The van der Waals surface area contributed by atoms with Gasteiger partial charge in [-0.25, -0.2) is 4.98 Å². The van der Waals surface area contributed by atoms with Gasteiger partial charge in [0.25, 0.3) is 0 Å². The molecule has 0 spiro atoms. The Morgan fingerprint density at radius 2 is 1.68 bits per heavy atom. The molecular weight excluding hydrogens is 290 g/mol. The fraction of sp³-hybridized carbons (Fsp3) is 0.111. The first-order valence-corrected chi connectivity index (χ1v) is 8.00. The van der Waals surface area contributed by atoms with Crippen LogP contribution >= 0.6 is 11.8 Å². The van der Waals surface area contributed by atoms with Crippen molar-refractivity contribution >= 4 is 33.7 Å². The Hall–Kier alpha value is -2.33. The summed E-state index contributed by atoms with van der Waals surface area (Å²) in [6.45, 7) is 2.05. The summed E-state index contributed by atoms with van der Waals surface area (Å²) < 4.78 is 1.87. The molecular formula is C18H15N3S. The highest BCUT2D eigenvalue weighted by Crippen LogP contribution is 2.39. The van der Waals surface area contributed by atoms with Crippen LogP contribution in [0.15, 0.2) is 64.4 Å². The normalized spacial score (nSPS) is 11.4. The quantitative estimate of drug-likeness (QED) is 0.543. The van der Waals surface area contributed by atoms with Crippen LogP contribution in [-0.2, 0) is 7.05 Å². The minimum Gasteiger partial charge on any atom is -0.250 e. The van der Waals surface area contributed by atoms with Crippen molar-refractivity contribution < 1.29 is 0 Å². The highest BCUT2D eigenvalue weighted by Gasteiger charge is 2.16. The molecule has 0 aliphatic carbocycles. The van der Waals surface area contributed by atoms with Crippen molar-refractivity contribution in [2.45, 2.75) is 16.7 Å². The van der Waals surface area contributed by atoms with E-state index in [0.717, 1.165) is 22.2 Å². The van der Waals surface area contributed by atoms with Crippen molar-refractivity contribution in [3.05, 3.63) is 60.3 Å². The summed E-state index contributed by atoms with van der Waals surface area (Å²) in [5.74, 6) is 0. The first kappa shape index (κ1) is 13.3. The zero-order valence-corrected chi connectivity index (χ0v) is 13.3. The van der Waals surface area contributed by atoms with Crippen molar-refractivity contribution in [3.63, 3.8) is 0 Å². The lowest BCUT2D eigenvalue weighted by molar-refractivity contribution is 0.775. The van der Waals surface area contributed by atoms with Gasteiger partial charge < -0.3 is 0 Å². The molecule has 0 unspecified atom stereocenters. The molecule has 0 radical (unpaired) electrons. The second-order valence-electron chi connectivity index (χ2n) is 5.28. The molecule has 0 aliphatic rings. The number of nitrogens with zero attached hydrogens (tertiary/aromatic N) is 3. The Bertz CT molecular complexity index is 974. The Morgan fingerprint density at radius 1 is 0.955 bits per heavy atom. The molecule has 3 nitrogen and oxygen atoms in total. The van der Waals surface area contributed by atoms with E-state index in [1.807, 2.05) is 30.8 Å². The summed E-state index contributed by atoms with van der Waals surface area (Å²) in [4.78, 5) is 7.25.